The molecular formula is C18H19BrFNO3. The highest BCUT2D eigenvalue weighted by atomic mass is 79.9. The number of nitrogens with zero attached hydrogens (tertiary/aromatic N) is 1. The SMILES string of the molecule is CCN(Cc1cc(Br)ccc1F)C(=O)c1ccc(OC)c(OC)c1. The normalized spacial score (nSPS) is 10.4. The van der Waals surface area contributed by atoms with Gasteiger partial charge in [0.1, 0.15) is 5.82 Å². The van der Waals surface area contributed by atoms with Crippen molar-refractivity contribution in [2.75, 3.05) is 20.8 Å². The Morgan fingerprint density at radius 3 is 2.46 bits per heavy atom. The molecule has 0 aliphatic heterocycles. The third-order valence-electron chi connectivity index (χ3n) is 3.67. The number of carbonyl (C=O) groups is 1. The molecule has 0 radical (unpaired) electrons. The molecular weight excluding hydrogens is 377 g/mol. The van der Waals surface area contributed by atoms with Gasteiger partial charge in [0, 0.05) is 28.7 Å². The van der Waals surface area contributed by atoms with E-state index in [9.17, 15) is 9.18 Å². The number of halogens is 2. The van der Waals surface area contributed by atoms with Crippen molar-refractivity contribution >= 4 is 21.8 Å². The molecule has 0 unspecified atom stereocenters. The number of hydrogen-bond donors (Lipinski definition) is 0. The van der Waals surface area contributed by atoms with Crippen LogP contribution in [0.15, 0.2) is 40.9 Å². The van der Waals surface area contributed by atoms with Gasteiger partial charge in [-0.25, -0.2) is 4.39 Å². The van der Waals surface area contributed by atoms with Gasteiger partial charge in [-0.1, -0.05) is 15.9 Å². The van der Waals surface area contributed by atoms with Gasteiger partial charge in [-0.3, -0.25) is 4.79 Å². The first kappa shape index (κ1) is 18.3. The fourth-order valence-electron chi connectivity index (χ4n) is 2.35. The van der Waals surface area contributed by atoms with Gasteiger partial charge in [-0.05, 0) is 43.3 Å². The first-order chi connectivity index (χ1) is 11.5. The van der Waals surface area contributed by atoms with E-state index in [0.717, 1.165) is 4.47 Å². The van der Waals surface area contributed by atoms with Crippen molar-refractivity contribution in [2.45, 2.75) is 13.5 Å². The third-order valence-corrected chi connectivity index (χ3v) is 4.16. The molecule has 0 aliphatic rings. The lowest BCUT2D eigenvalue weighted by Crippen LogP contribution is -2.30. The molecule has 0 aromatic heterocycles. The second-order valence-electron chi connectivity index (χ2n) is 5.12. The van der Waals surface area contributed by atoms with Gasteiger partial charge in [0.25, 0.3) is 5.91 Å². The minimum Gasteiger partial charge on any atom is -0.493 e. The van der Waals surface area contributed by atoms with Gasteiger partial charge >= 0.3 is 0 Å². The average molecular weight is 396 g/mol. The predicted octanol–water partition coefficient (Wildman–Crippen LogP) is 4.27. The van der Waals surface area contributed by atoms with Crippen LogP contribution in [-0.4, -0.2) is 31.6 Å². The summed E-state index contributed by atoms with van der Waals surface area (Å²) in [4.78, 5) is 14.3. The Bertz CT molecular complexity index is 736. The third kappa shape index (κ3) is 4.06. The van der Waals surface area contributed by atoms with Crippen LogP contribution in [0.1, 0.15) is 22.8 Å². The van der Waals surface area contributed by atoms with Crippen LogP contribution in [0.5, 0.6) is 11.5 Å². The molecule has 0 bridgehead atoms. The minimum absolute atomic E-state index is 0.189. The molecule has 24 heavy (non-hydrogen) atoms. The Morgan fingerprint density at radius 1 is 1.12 bits per heavy atom. The maximum absolute atomic E-state index is 14.0. The maximum atomic E-state index is 14.0. The van der Waals surface area contributed by atoms with Gasteiger partial charge in [0.2, 0.25) is 0 Å². The summed E-state index contributed by atoms with van der Waals surface area (Å²) in [6.07, 6.45) is 0. The van der Waals surface area contributed by atoms with E-state index >= 15 is 0 Å². The zero-order valence-electron chi connectivity index (χ0n) is 13.8. The molecule has 0 atom stereocenters. The summed E-state index contributed by atoms with van der Waals surface area (Å²) < 4.78 is 25.1. The number of carbonyl (C=O) groups excluding carboxylic acids is 1. The van der Waals surface area contributed by atoms with Crippen molar-refractivity contribution < 1.29 is 18.7 Å². The lowest BCUT2D eigenvalue weighted by Gasteiger charge is -2.22. The standard InChI is InChI=1S/C18H19BrFNO3/c1-4-21(11-13-9-14(19)6-7-15(13)20)18(22)12-5-8-16(23-2)17(10-12)24-3/h5-10H,4,11H2,1-3H3. The highest BCUT2D eigenvalue weighted by Gasteiger charge is 2.18. The Kier molecular flexibility index (Phi) is 6.20. The van der Waals surface area contributed by atoms with Crippen LogP contribution in [-0.2, 0) is 6.54 Å². The Morgan fingerprint density at radius 2 is 1.83 bits per heavy atom. The Hall–Kier alpha value is -2.08. The summed E-state index contributed by atoms with van der Waals surface area (Å²) >= 11 is 3.32. The quantitative estimate of drug-likeness (QED) is 0.732. The maximum Gasteiger partial charge on any atom is 0.254 e. The molecule has 2 rings (SSSR count). The van der Waals surface area contributed by atoms with Gasteiger partial charge in [0.15, 0.2) is 11.5 Å². The summed E-state index contributed by atoms with van der Waals surface area (Å²) in [5.41, 5.74) is 0.921. The molecule has 0 saturated heterocycles. The molecule has 0 fully saturated rings. The molecule has 0 spiro atoms. The predicted molar refractivity (Wildman–Crippen MR) is 94.1 cm³/mol. The fourth-order valence-corrected chi connectivity index (χ4v) is 2.76. The van der Waals surface area contributed by atoms with Crippen molar-refractivity contribution in [3.63, 3.8) is 0 Å². The zero-order chi connectivity index (χ0) is 17.7. The molecule has 0 aliphatic carbocycles. The highest BCUT2D eigenvalue weighted by molar-refractivity contribution is 9.10. The molecule has 6 heteroatoms. The number of rotatable bonds is 6. The molecule has 2 aromatic rings. The summed E-state index contributed by atoms with van der Waals surface area (Å²) in [5, 5.41) is 0. The second kappa shape index (κ2) is 8.15. The van der Waals surface area contributed by atoms with Gasteiger partial charge in [-0.2, -0.15) is 0 Å². The second-order valence-corrected chi connectivity index (χ2v) is 6.04. The summed E-state index contributed by atoms with van der Waals surface area (Å²) in [7, 11) is 3.05. The van der Waals surface area contributed by atoms with E-state index in [-0.39, 0.29) is 18.3 Å². The highest BCUT2D eigenvalue weighted by Crippen LogP contribution is 2.28. The van der Waals surface area contributed by atoms with Crippen molar-refractivity contribution in [3.05, 3.63) is 57.8 Å². The van der Waals surface area contributed by atoms with E-state index in [4.69, 9.17) is 9.47 Å². The Balaban J connectivity index is 2.27. The van der Waals surface area contributed by atoms with Gasteiger partial charge in [-0.15, -0.1) is 0 Å². The smallest absolute Gasteiger partial charge is 0.254 e. The lowest BCUT2D eigenvalue weighted by molar-refractivity contribution is 0.0750. The van der Waals surface area contributed by atoms with Crippen LogP contribution in [0.3, 0.4) is 0 Å². The van der Waals surface area contributed by atoms with Crippen LogP contribution in [0.25, 0.3) is 0 Å². The number of amides is 1. The van der Waals surface area contributed by atoms with Crippen molar-refractivity contribution in [1.29, 1.82) is 0 Å². The van der Waals surface area contributed by atoms with E-state index in [1.807, 2.05) is 6.92 Å². The van der Waals surface area contributed by atoms with Crippen LogP contribution in [0, 0.1) is 5.82 Å². The van der Waals surface area contributed by atoms with Crippen LogP contribution in [0.4, 0.5) is 4.39 Å². The van der Waals surface area contributed by atoms with Gasteiger partial charge < -0.3 is 14.4 Å². The number of hydrogen-bond acceptors (Lipinski definition) is 3. The number of benzene rings is 2. The van der Waals surface area contributed by atoms with Crippen LogP contribution >= 0.6 is 15.9 Å². The van der Waals surface area contributed by atoms with Crippen molar-refractivity contribution in [3.8, 4) is 11.5 Å². The van der Waals surface area contributed by atoms with E-state index in [1.54, 1.807) is 35.2 Å². The van der Waals surface area contributed by atoms with Crippen LogP contribution < -0.4 is 9.47 Å². The Labute approximate surface area is 149 Å². The molecule has 0 heterocycles. The molecule has 4 nitrogen and oxygen atoms in total. The molecule has 1 amide bonds. The molecule has 0 N–H and O–H groups in total. The van der Waals surface area contributed by atoms with E-state index in [1.165, 1.54) is 20.3 Å². The first-order valence-corrected chi connectivity index (χ1v) is 8.24. The fraction of sp³-hybridized carbons (Fsp3) is 0.278. The van der Waals surface area contributed by atoms with Gasteiger partial charge in [0.05, 0.1) is 14.2 Å². The van der Waals surface area contributed by atoms with Crippen LogP contribution in [0.2, 0.25) is 0 Å². The van der Waals surface area contributed by atoms with E-state index in [0.29, 0.717) is 29.2 Å². The first-order valence-electron chi connectivity index (χ1n) is 7.45. The number of ether oxygens (including phenoxy) is 2. The summed E-state index contributed by atoms with van der Waals surface area (Å²) in [6.45, 7) is 2.50. The topological polar surface area (TPSA) is 38.8 Å². The minimum atomic E-state index is -0.336. The molecule has 2 aromatic carbocycles. The van der Waals surface area contributed by atoms with Crippen molar-refractivity contribution in [1.82, 2.24) is 4.90 Å². The van der Waals surface area contributed by atoms with E-state index < -0.39 is 0 Å². The monoisotopic (exact) mass is 395 g/mol. The van der Waals surface area contributed by atoms with E-state index in [2.05, 4.69) is 15.9 Å². The van der Waals surface area contributed by atoms with Crippen molar-refractivity contribution in [2.24, 2.45) is 0 Å². The molecule has 128 valence electrons. The largest absolute Gasteiger partial charge is 0.493 e. The zero-order valence-corrected chi connectivity index (χ0v) is 15.4. The summed E-state index contributed by atoms with van der Waals surface area (Å²) in [6, 6.07) is 9.67. The molecule has 0 saturated carbocycles. The summed E-state index contributed by atoms with van der Waals surface area (Å²) in [5.74, 6) is 0.498. The number of methoxy groups -OCH3 is 2. The average Bonchev–Trinajstić information content (AvgIpc) is 2.61. The lowest BCUT2D eigenvalue weighted by atomic mass is 10.1.